The van der Waals surface area contributed by atoms with Crippen molar-refractivity contribution in [3.63, 3.8) is 0 Å². The van der Waals surface area contributed by atoms with Crippen molar-refractivity contribution in [3.05, 3.63) is 82.8 Å². The molecule has 1 aliphatic carbocycles. The van der Waals surface area contributed by atoms with Crippen molar-refractivity contribution in [1.82, 2.24) is 64.0 Å². The highest BCUT2D eigenvalue weighted by atomic mass is 79.9. The summed E-state index contributed by atoms with van der Waals surface area (Å²) in [5.74, 6) is 3.90. The minimum Gasteiger partial charge on any atom is -0.368 e. The number of nitrogens with one attached hydrogen (secondary N) is 2. The Bertz CT molecular complexity index is 1860. The summed E-state index contributed by atoms with van der Waals surface area (Å²) in [6, 6.07) is 7.90. The highest BCUT2D eigenvalue weighted by Crippen LogP contribution is 2.31. The number of nitrogens with zero attached hydrogens (tertiary/aromatic N) is 13. The number of likely N-dealkylation sites (tertiary alicyclic amines) is 1. The van der Waals surface area contributed by atoms with Gasteiger partial charge >= 0.3 is 0 Å². The monoisotopic (exact) mass is 775 g/mol. The molecule has 7 heterocycles. The van der Waals surface area contributed by atoms with Gasteiger partial charge in [0.15, 0.2) is 11.6 Å². The average molecular weight is 778 g/mol. The van der Waals surface area contributed by atoms with Crippen LogP contribution < -0.4 is 10.6 Å². The summed E-state index contributed by atoms with van der Waals surface area (Å²) in [4.78, 5) is 20.9. The lowest BCUT2D eigenvalue weighted by Crippen LogP contribution is -2.33. The summed E-state index contributed by atoms with van der Waals surface area (Å²) in [6.45, 7) is 4.20. The van der Waals surface area contributed by atoms with Gasteiger partial charge in [0, 0.05) is 68.7 Å². The molecule has 2 fully saturated rings. The van der Waals surface area contributed by atoms with E-state index in [0.717, 1.165) is 33.7 Å². The summed E-state index contributed by atoms with van der Waals surface area (Å²) in [7, 11) is 0. The Morgan fingerprint density at radius 3 is 1.58 bits per heavy atom. The molecule has 2 aliphatic rings. The lowest BCUT2D eigenvalue weighted by molar-refractivity contribution is 0.237. The van der Waals surface area contributed by atoms with Crippen LogP contribution >= 0.6 is 31.9 Å². The SMILES string of the molecule is Brc1c(NC2CCC2)nc(-n2cccn2)nc1-n1cccn1.Brc1c(NCCN2CCCCC2)nc(-n2cccn2)nc1-n1cccn1. The molecule has 1 aliphatic heterocycles. The molecule has 0 aromatic carbocycles. The van der Waals surface area contributed by atoms with Crippen LogP contribution in [0.1, 0.15) is 38.5 Å². The van der Waals surface area contributed by atoms with Crippen molar-refractivity contribution in [2.45, 2.75) is 44.6 Å². The fraction of sp³-hybridized carbons (Fsp3) is 0.355. The number of piperidine rings is 1. The molecule has 1 saturated carbocycles. The Labute approximate surface area is 294 Å². The molecule has 0 amide bonds. The molecule has 248 valence electrons. The van der Waals surface area contributed by atoms with Gasteiger partial charge in [-0.2, -0.15) is 40.3 Å². The second-order valence-electron chi connectivity index (χ2n) is 11.4. The van der Waals surface area contributed by atoms with Gasteiger partial charge in [-0.05, 0) is 101 Å². The summed E-state index contributed by atoms with van der Waals surface area (Å²) in [5, 5.41) is 23.9. The maximum atomic E-state index is 4.64. The smallest absolute Gasteiger partial charge is 0.254 e. The molecule has 0 radical (unpaired) electrons. The molecular formula is C31H35Br2N15. The largest absolute Gasteiger partial charge is 0.368 e. The highest BCUT2D eigenvalue weighted by molar-refractivity contribution is 9.11. The van der Waals surface area contributed by atoms with E-state index in [4.69, 9.17) is 0 Å². The van der Waals surface area contributed by atoms with Gasteiger partial charge in [-0.1, -0.05) is 6.42 Å². The molecule has 0 unspecified atom stereocenters. The van der Waals surface area contributed by atoms with Crippen LogP contribution in [0.15, 0.2) is 82.8 Å². The number of halogens is 2. The van der Waals surface area contributed by atoms with Gasteiger partial charge in [-0.25, -0.2) is 18.7 Å². The molecule has 48 heavy (non-hydrogen) atoms. The van der Waals surface area contributed by atoms with Crippen molar-refractivity contribution < 1.29 is 0 Å². The van der Waals surface area contributed by atoms with Crippen LogP contribution in [-0.4, -0.2) is 96.2 Å². The quantitative estimate of drug-likeness (QED) is 0.192. The lowest BCUT2D eigenvalue weighted by Gasteiger charge is -2.27. The van der Waals surface area contributed by atoms with E-state index in [9.17, 15) is 0 Å². The van der Waals surface area contributed by atoms with E-state index in [1.807, 2.05) is 49.1 Å². The Hall–Kier alpha value is -4.48. The maximum Gasteiger partial charge on any atom is 0.254 e. The zero-order valence-electron chi connectivity index (χ0n) is 26.1. The molecule has 6 aromatic rings. The minimum absolute atomic E-state index is 0.474. The van der Waals surface area contributed by atoms with Crippen molar-refractivity contribution in [1.29, 1.82) is 0 Å². The van der Waals surface area contributed by atoms with E-state index in [-0.39, 0.29) is 0 Å². The molecule has 15 nitrogen and oxygen atoms in total. The van der Waals surface area contributed by atoms with E-state index in [1.165, 1.54) is 51.6 Å². The van der Waals surface area contributed by atoms with Gasteiger partial charge in [-0.3, -0.25) is 0 Å². The van der Waals surface area contributed by atoms with Crippen LogP contribution in [0.5, 0.6) is 0 Å². The lowest BCUT2D eigenvalue weighted by atomic mass is 9.93. The predicted octanol–water partition coefficient (Wildman–Crippen LogP) is 5.08. The predicted molar refractivity (Wildman–Crippen MR) is 188 cm³/mol. The number of anilines is 2. The minimum atomic E-state index is 0.474. The molecule has 6 aromatic heterocycles. The summed E-state index contributed by atoms with van der Waals surface area (Å²) in [6.07, 6.45) is 21.8. The first-order valence-electron chi connectivity index (χ1n) is 16.0. The van der Waals surface area contributed by atoms with E-state index >= 15 is 0 Å². The van der Waals surface area contributed by atoms with E-state index in [0.29, 0.717) is 29.6 Å². The molecular weight excluding hydrogens is 742 g/mol. The van der Waals surface area contributed by atoms with Gasteiger partial charge < -0.3 is 15.5 Å². The van der Waals surface area contributed by atoms with Crippen LogP contribution in [0.25, 0.3) is 23.5 Å². The highest BCUT2D eigenvalue weighted by Gasteiger charge is 2.22. The van der Waals surface area contributed by atoms with Gasteiger partial charge in [-0.15, -0.1) is 0 Å². The van der Waals surface area contributed by atoms with Crippen molar-refractivity contribution in [3.8, 4) is 23.5 Å². The van der Waals surface area contributed by atoms with E-state index < -0.39 is 0 Å². The molecule has 8 rings (SSSR count). The molecule has 0 atom stereocenters. The molecule has 2 N–H and O–H groups in total. The third-order valence-corrected chi connectivity index (χ3v) is 9.58. The van der Waals surface area contributed by atoms with Crippen LogP contribution in [0.3, 0.4) is 0 Å². The number of hydrogen-bond donors (Lipinski definition) is 2. The Balaban J connectivity index is 0.000000154. The van der Waals surface area contributed by atoms with E-state index in [2.05, 4.69) is 87.7 Å². The van der Waals surface area contributed by atoms with Crippen LogP contribution in [0.2, 0.25) is 0 Å². The van der Waals surface area contributed by atoms with Crippen LogP contribution in [0.4, 0.5) is 11.6 Å². The summed E-state index contributed by atoms with van der Waals surface area (Å²) < 4.78 is 8.31. The zero-order chi connectivity index (χ0) is 32.7. The fourth-order valence-electron chi connectivity index (χ4n) is 5.39. The Kier molecular flexibility index (Phi) is 10.1. The van der Waals surface area contributed by atoms with Crippen LogP contribution in [-0.2, 0) is 0 Å². The average Bonchev–Trinajstić information content (AvgIpc) is 3.93. The topological polar surface area (TPSA) is 150 Å². The Morgan fingerprint density at radius 1 is 0.604 bits per heavy atom. The number of aromatic nitrogens is 12. The fourth-order valence-corrected chi connectivity index (χ4v) is 6.37. The Morgan fingerprint density at radius 2 is 1.10 bits per heavy atom. The second-order valence-corrected chi connectivity index (χ2v) is 13.0. The van der Waals surface area contributed by atoms with Crippen molar-refractivity contribution in [2.75, 3.05) is 36.8 Å². The van der Waals surface area contributed by atoms with Crippen molar-refractivity contribution >= 4 is 43.5 Å². The standard InChI is InChI=1S/C17H21BrN8.C14H14BrN7/c18-14-15(19-8-13-24-9-2-1-3-10-24)22-17(26-12-5-7-21-26)23-16(14)25-11-4-6-20-25;15-11-12(18-10-4-1-5-10)19-14(22-9-3-7-17-22)20-13(11)21-8-2-6-16-21/h4-7,11-12H,1-3,8-10,13H2,(H,19,22,23);2-3,6-10H,1,4-5H2,(H,18,19,20). The molecule has 0 spiro atoms. The summed E-state index contributed by atoms with van der Waals surface area (Å²) >= 11 is 7.24. The first-order valence-corrected chi connectivity index (χ1v) is 17.6. The number of hydrogen-bond acceptors (Lipinski definition) is 11. The molecule has 17 heteroatoms. The summed E-state index contributed by atoms with van der Waals surface area (Å²) in [5.41, 5.74) is 0. The zero-order valence-corrected chi connectivity index (χ0v) is 29.3. The van der Waals surface area contributed by atoms with Crippen molar-refractivity contribution in [2.24, 2.45) is 0 Å². The number of rotatable bonds is 10. The van der Waals surface area contributed by atoms with E-state index in [1.54, 1.807) is 43.5 Å². The molecule has 1 saturated heterocycles. The maximum absolute atomic E-state index is 4.64. The van der Waals surface area contributed by atoms with Crippen LogP contribution in [0, 0.1) is 0 Å². The van der Waals surface area contributed by atoms with Gasteiger partial charge in [0.2, 0.25) is 0 Å². The second kappa shape index (κ2) is 15.2. The molecule has 0 bridgehead atoms. The third kappa shape index (κ3) is 7.47. The van der Waals surface area contributed by atoms with Gasteiger partial charge in [0.25, 0.3) is 11.9 Å². The normalized spacial score (nSPS) is 15.0. The third-order valence-electron chi connectivity index (χ3n) is 8.12. The van der Waals surface area contributed by atoms with Gasteiger partial charge in [0.1, 0.15) is 20.6 Å². The van der Waals surface area contributed by atoms with Gasteiger partial charge in [0.05, 0.1) is 0 Å². The first-order chi connectivity index (χ1) is 23.6. The first kappa shape index (κ1) is 32.1.